The largest absolute Gasteiger partial charge is 0.465 e. The number of nitrogens with zero attached hydrogens (tertiary/aromatic N) is 1. The third-order valence-electron chi connectivity index (χ3n) is 3.85. The molecule has 0 bridgehead atoms. The van der Waals surface area contributed by atoms with Crippen LogP contribution >= 0.6 is 0 Å². The van der Waals surface area contributed by atoms with Crippen molar-refractivity contribution in [2.75, 3.05) is 13.1 Å². The number of rotatable bonds is 0. The van der Waals surface area contributed by atoms with Crippen LogP contribution < -0.4 is 0 Å². The minimum atomic E-state index is -0.828. The van der Waals surface area contributed by atoms with Crippen molar-refractivity contribution in [2.45, 2.75) is 25.0 Å². The molecule has 0 atom stereocenters. The normalized spacial score (nSPS) is 21.5. The number of hydrogen-bond acceptors (Lipinski definition) is 2. The average molecular weight is 233 g/mol. The fourth-order valence-corrected chi connectivity index (χ4v) is 2.86. The Balaban J connectivity index is 1.85. The van der Waals surface area contributed by atoms with Gasteiger partial charge in [0.1, 0.15) is 0 Å². The minimum Gasteiger partial charge on any atom is -0.465 e. The summed E-state index contributed by atoms with van der Waals surface area (Å²) in [5.41, 5.74) is 2.27. The molecular formula is C13H15NO3. The highest BCUT2D eigenvalue weighted by Gasteiger charge is 2.43. The molecule has 4 heteroatoms. The van der Waals surface area contributed by atoms with Crippen molar-refractivity contribution in [2.24, 2.45) is 0 Å². The molecule has 2 aliphatic heterocycles. The molecule has 1 spiro atoms. The zero-order valence-corrected chi connectivity index (χ0v) is 9.56. The van der Waals surface area contributed by atoms with E-state index in [-0.39, 0.29) is 5.60 Å². The molecule has 0 aliphatic carbocycles. The summed E-state index contributed by atoms with van der Waals surface area (Å²) in [5.74, 6) is 0. The fourth-order valence-electron chi connectivity index (χ4n) is 2.86. The Labute approximate surface area is 99.8 Å². The van der Waals surface area contributed by atoms with E-state index in [1.54, 1.807) is 0 Å². The Hall–Kier alpha value is -1.55. The van der Waals surface area contributed by atoms with Gasteiger partial charge in [0.15, 0.2) is 0 Å². The molecule has 90 valence electrons. The molecule has 0 radical (unpaired) electrons. The molecule has 1 amide bonds. The van der Waals surface area contributed by atoms with Crippen molar-refractivity contribution in [3.8, 4) is 0 Å². The maximum Gasteiger partial charge on any atom is 0.407 e. The van der Waals surface area contributed by atoms with Crippen LogP contribution in [0.5, 0.6) is 0 Å². The molecule has 1 aromatic rings. The van der Waals surface area contributed by atoms with Crippen molar-refractivity contribution in [3.63, 3.8) is 0 Å². The van der Waals surface area contributed by atoms with Crippen molar-refractivity contribution in [3.05, 3.63) is 35.4 Å². The van der Waals surface area contributed by atoms with Crippen LogP contribution in [0.15, 0.2) is 24.3 Å². The molecule has 17 heavy (non-hydrogen) atoms. The van der Waals surface area contributed by atoms with Crippen LogP contribution in [0.3, 0.4) is 0 Å². The number of fused-ring (bicyclic) bond motifs is 2. The maximum absolute atomic E-state index is 10.9. The van der Waals surface area contributed by atoms with Crippen LogP contribution in [0.2, 0.25) is 0 Å². The van der Waals surface area contributed by atoms with Crippen LogP contribution in [0, 0.1) is 0 Å². The smallest absolute Gasteiger partial charge is 0.407 e. The van der Waals surface area contributed by atoms with Crippen molar-refractivity contribution < 1.29 is 14.6 Å². The van der Waals surface area contributed by atoms with E-state index in [0.717, 1.165) is 12.8 Å². The highest BCUT2D eigenvalue weighted by Crippen LogP contribution is 2.43. The lowest BCUT2D eigenvalue weighted by Gasteiger charge is -2.38. The van der Waals surface area contributed by atoms with Crippen molar-refractivity contribution in [1.82, 2.24) is 4.90 Å². The summed E-state index contributed by atoms with van der Waals surface area (Å²) in [4.78, 5) is 12.4. The number of ether oxygens (including phenoxy) is 1. The number of piperidine rings is 1. The SMILES string of the molecule is O=C(O)N1CCC2(CC1)OCc1ccccc12. The van der Waals surface area contributed by atoms with Gasteiger partial charge >= 0.3 is 6.09 Å². The Bertz CT molecular complexity index is 450. The van der Waals surface area contributed by atoms with Gasteiger partial charge < -0.3 is 14.7 Å². The third kappa shape index (κ3) is 1.60. The van der Waals surface area contributed by atoms with Gasteiger partial charge in [0.25, 0.3) is 0 Å². The average Bonchev–Trinajstić information content (AvgIpc) is 2.70. The lowest BCUT2D eigenvalue weighted by Crippen LogP contribution is -2.44. The summed E-state index contributed by atoms with van der Waals surface area (Å²) in [6, 6.07) is 8.25. The Morgan fingerprint density at radius 2 is 2.00 bits per heavy atom. The maximum atomic E-state index is 10.9. The molecule has 4 nitrogen and oxygen atoms in total. The van der Waals surface area contributed by atoms with Crippen LogP contribution in [0.4, 0.5) is 4.79 Å². The van der Waals surface area contributed by atoms with E-state index in [9.17, 15) is 4.79 Å². The monoisotopic (exact) mass is 233 g/mol. The highest BCUT2D eigenvalue weighted by atomic mass is 16.5. The number of carbonyl (C=O) groups is 1. The molecule has 1 fully saturated rings. The number of carboxylic acid groups (broad SMARTS) is 1. The second-order valence-electron chi connectivity index (χ2n) is 4.71. The van der Waals surface area contributed by atoms with Gasteiger partial charge in [0.2, 0.25) is 0 Å². The summed E-state index contributed by atoms with van der Waals surface area (Å²) in [6.07, 6.45) is 0.693. The first-order valence-corrected chi connectivity index (χ1v) is 5.91. The van der Waals surface area contributed by atoms with E-state index in [2.05, 4.69) is 12.1 Å². The van der Waals surface area contributed by atoms with Crippen LogP contribution in [-0.2, 0) is 16.9 Å². The lowest BCUT2D eigenvalue weighted by atomic mass is 9.84. The summed E-state index contributed by atoms with van der Waals surface area (Å²) in [5, 5.41) is 8.95. The van der Waals surface area contributed by atoms with Crippen LogP contribution in [-0.4, -0.2) is 29.2 Å². The number of benzene rings is 1. The predicted octanol–water partition coefficient (Wildman–Crippen LogP) is 2.19. The number of hydrogen-bond donors (Lipinski definition) is 1. The molecule has 0 saturated carbocycles. The van der Waals surface area contributed by atoms with E-state index in [1.165, 1.54) is 16.0 Å². The number of amides is 1. The van der Waals surface area contributed by atoms with Gasteiger partial charge in [-0.2, -0.15) is 0 Å². The zero-order chi connectivity index (χ0) is 11.9. The standard InChI is InChI=1S/C13H15NO3/c15-12(16)14-7-5-13(6-8-14)11-4-2-1-3-10(11)9-17-13/h1-4H,5-9H2,(H,15,16). The molecule has 1 N–H and O–H groups in total. The molecule has 2 aliphatic rings. The Morgan fingerprint density at radius 3 is 2.71 bits per heavy atom. The first-order valence-electron chi connectivity index (χ1n) is 5.91. The van der Waals surface area contributed by atoms with Gasteiger partial charge in [-0.15, -0.1) is 0 Å². The van der Waals surface area contributed by atoms with Gasteiger partial charge in [-0.3, -0.25) is 0 Å². The summed E-state index contributed by atoms with van der Waals surface area (Å²) < 4.78 is 5.96. The van der Waals surface area contributed by atoms with E-state index in [0.29, 0.717) is 19.7 Å². The first-order chi connectivity index (χ1) is 8.21. The van der Waals surface area contributed by atoms with E-state index in [4.69, 9.17) is 9.84 Å². The predicted molar refractivity (Wildman–Crippen MR) is 61.7 cm³/mol. The fraction of sp³-hybridized carbons (Fsp3) is 0.462. The molecule has 0 aromatic heterocycles. The van der Waals surface area contributed by atoms with E-state index < -0.39 is 6.09 Å². The Morgan fingerprint density at radius 1 is 1.29 bits per heavy atom. The quantitative estimate of drug-likeness (QED) is 0.747. The zero-order valence-electron chi connectivity index (χ0n) is 9.56. The molecule has 0 unspecified atom stereocenters. The van der Waals surface area contributed by atoms with Crippen LogP contribution in [0.25, 0.3) is 0 Å². The summed E-state index contributed by atoms with van der Waals surface area (Å²) in [6.45, 7) is 1.77. The molecule has 3 rings (SSSR count). The second-order valence-corrected chi connectivity index (χ2v) is 4.71. The lowest BCUT2D eigenvalue weighted by molar-refractivity contribution is -0.0750. The van der Waals surface area contributed by atoms with Gasteiger partial charge in [-0.25, -0.2) is 4.79 Å². The van der Waals surface area contributed by atoms with Gasteiger partial charge in [-0.1, -0.05) is 24.3 Å². The Kier molecular flexibility index (Phi) is 2.33. The van der Waals surface area contributed by atoms with Gasteiger partial charge in [0.05, 0.1) is 12.2 Å². The molecule has 2 heterocycles. The topological polar surface area (TPSA) is 49.8 Å². The first kappa shape index (κ1) is 10.6. The molecule has 1 saturated heterocycles. The summed E-state index contributed by atoms with van der Waals surface area (Å²) in [7, 11) is 0. The molecular weight excluding hydrogens is 218 g/mol. The minimum absolute atomic E-state index is 0.234. The van der Waals surface area contributed by atoms with Crippen molar-refractivity contribution >= 4 is 6.09 Å². The van der Waals surface area contributed by atoms with Gasteiger partial charge in [0, 0.05) is 13.1 Å². The highest BCUT2D eigenvalue weighted by molar-refractivity contribution is 5.65. The van der Waals surface area contributed by atoms with Gasteiger partial charge in [-0.05, 0) is 24.0 Å². The third-order valence-corrected chi connectivity index (χ3v) is 3.85. The number of likely N-dealkylation sites (tertiary alicyclic amines) is 1. The van der Waals surface area contributed by atoms with E-state index >= 15 is 0 Å². The van der Waals surface area contributed by atoms with E-state index in [1.807, 2.05) is 12.1 Å². The van der Waals surface area contributed by atoms with Crippen molar-refractivity contribution in [1.29, 1.82) is 0 Å². The molecule has 1 aromatic carbocycles. The second kappa shape index (κ2) is 3.74. The van der Waals surface area contributed by atoms with Crippen LogP contribution in [0.1, 0.15) is 24.0 Å². The summed E-state index contributed by atoms with van der Waals surface area (Å²) >= 11 is 0.